The summed E-state index contributed by atoms with van der Waals surface area (Å²) in [6, 6.07) is 13.0. The molecule has 0 unspecified atom stereocenters. The van der Waals surface area contributed by atoms with E-state index in [9.17, 15) is 24.6 Å². The van der Waals surface area contributed by atoms with Gasteiger partial charge in [0.1, 0.15) is 5.75 Å². The molecule has 0 radical (unpaired) electrons. The van der Waals surface area contributed by atoms with Gasteiger partial charge >= 0.3 is 12.0 Å². The molecule has 9 heteroatoms. The topological polar surface area (TPSA) is 121 Å². The molecule has 4 N–H and O–H groups in total. The molecule has 0 aliphatic heterocycles. The zero-order valence-corrected chi connectivity index (χ0v) is 21.3. The van der Waals surface area contributed by atoms with Crippen LogP contribution in [0.3, 0.4) is 0 Å². The molecule has 8 nitrogen and oxygen atoms in total. The number of rotatable bonds is 9. The van der Waals surface area contributed by atoms with E-state index in [1.807, 2.05) is 24.3 Å². The molecule has 37 heavy (non-hydrogen) atoms. The highest BCUT2D eigenvalue weighted by atomic mass is 35.5. The number of carbonyl (C=O) groups is 2. The Morgan fingerprint density at radius 1 is 1.11 bits per heavy atom. The molecule has 194 valence electrons. The Balaban J connectivity index is 1.62. The standard InChI is InChI=1S/C28H30ClN3O5/c1-2-6-17-11-13-18(14-12-17)22(15-24(33)34)30-28(37)31-25-26(35)20-8-5-10-23(20)32(27(25)36)16-19-7-3-4-9-21(19)29/h3-4,7,9,11-14,22,35H,2,5-6,8,10,15-16H2,1H3,(H,33,34)(H2,30,31,37)/t22-/m0/s1. The number of hydrogen-bond acceptors (Lipinski definition) is 4. The molecule has 0 bridgehead atoms. The molecule has 0 spiro atoms. The lowest BCUT2D eigenvalue weighted by molar-refractivity contribution is -0.137. The van der Waals surface area contributed by atoms with E-state index in [1.165, 1.54) is 0 Å². The van der Waals surface area contributed by atoms with Crippen molar-refractivity contribution in [2.75, 3.05) is 5.32 Å². The molecule has 0 saturated heterocycles. The van der Waals surface area contributed by atoms with Gasteiger partial charge in [0.05, 0.1) is 19.0 Å². The van der Waals surface area contributed by atoms with Gasteiger partial charge in [0.25, 0.3) is 5.56 Å². The fourth-order valence-electron chi connectivity index (χ4n) is 4.81. The minimum Gasteiger partial charge on any atom is -0.505 e. The number of amides is 2. The number of aryl methyl sites for hydroxylation is 1. The number of carboxylic acids is 1. The number of carboxylic acid groups (broad SMARTS) is 1. The number of nitrogens with zero attached hydrogens (tertiary/aromatic N) is 1. The molecule has 0 saturated carbocycles. The number of carbonyl (C=O) groups excluding carboxylic acids is 1. The Bertz CT molecular complexity index is 1370. The van der Waals surface area contributed by atoms with Crippen LogP contribution in [0.4, 0.5) is 10.5 Å². The van der Waals surface area contributed by atoms with Gasteiger partial charge in [0.2, 0.25) is 0 Å². The normalized spacial score (nSPS) is 13.1. The van der Waals surface area contributed by atoms with Crippen molar-refractivity contribution in [2.24, 2.45) is 0 Å². The van der Waals surface area contributed by atoms with E-state index in [1.54, 1.807) is 28.8 Å². The fourth-order valence-corrected chi connectivity index (χ4v) is 5.00. The summed E-state index contributed by atoms with van der Waals surface area (Å²) >= 11 is 6.32. The van der Waals surface area contributed by atoms with Crippen molar-refractivity contribution in [1.29, 1.82) is 0 Å². The number of pyridine rings is 1. The van der Waals surface area contributed by atoms with E-state index < -0.39 is 23.6 Å². The smallest absolute Gasteiger partial charge is 0.319 e. The van der Waals surface area contributed by atoms with Crippen LogP contribution in [-0.4, -0.2) is 26.8 Å². The summed E-state index contributed by atoms with van der Waals surface area (Å²) in [5.41, 5.74) is 3.05. The number of halogens is 1. The predicted octanol–water partition coefficient (Wildman–Crippen LogP) is 5.03. The van der Waals surface area contributed by atoms with Crippen LogP contribution in [0.2, 0.25) is 5.02 Å². The number of urea groups is 1. The lowest BCUT2D eigenvalue weighted by atomic mass is 10.0. The molecule has 1 aliphatic rings. The predicted molar refractivity (Wildman–Crippen MR) is 143 cm³/mol. The highest BCUT2D eigenvalue weighted by molar-refractivity contribution is 6.31. The van der Waals surface area contributed by atoms with Crippen LogP contribution in [0, 0.1) is 0 Å². The minimum absolute atomic E-state index is 0.198. The van der Waals surface area contributed by atoms with Crippen molar-refractivity contribution in [2.45, 2.75) is 58.0 Å². The van der Waals surface area contributed by atoms with E-state index in [2.05, 4.69) is 17.6 Å². The van der Waals surface area contributed by atoms with Gasteiger partial charge in [-0.05, 0) is 48.4 Å². The summed E-state index contributed by atoms with van der Waals surface area (Å²) in [5.74, 6) is -1.33. The van der Waals surface area contributed by atoms with Gasteiger partial charge in [-0.2, -0.15) is 0 Å². The van der Waals surface area contributed by atoms with E-state index in [0.29, 0.717) is 29.0 Å². The third-order valence-corrected chi connectivity index (χ3v) is 6.99. The van der Waals surface area contributed by atoms with Crippen molar-refractivity contribution >= 4 is 29.3 Å². The number of hydrogen-bond donors (Lipinski definition) is 4. The maximum absolute atomic E-state index is 13.5. The van der Waals surface area contributed by atoms with Gasteiger partial charge in [0, 0.05) is 16.3 Å². The maximum Gasteiger partial charge on any atom is 0.319 e. The largest absolute Gasteiger partial charge is 0.505 e. The first-order valence-electron chi connectivity index (χ1n) is 12.4. The summed E-state index contributed by atoms with van der Waals surface area (Å²) in [6.45, 7) is 2.27. The number of nitrogens with one attached hydrogen (secondary N) is 2. The molecule has 1 atom stereocenters. The first kappa shape index (κ1) is 26.3. The van der Waals surface area contributed by atoms with Gasteiger partial charge in [-0.25, -0.2) is 4.79 Å². The number of aromatic hydroxyl groups is 1. The molecular weight excluding hydrogens is 494 g/mol. The second kappa shape index (κ2) is 11.5. The van der Waals surface area contributed by atoms with Gasteiger partial charge < -0.3 is 25.4 Å². The molecule has 0 fully saturated rings. The molecule has 1 aromatic heterocycles. The number of benzene rings is 2. The third kappa shape index (κ3) is 5.97. The van der Waals surface area contributed by atoms with Crippen molar-refractivity contribution in [3.8, 4) is 5.75 Å². The van der Waals surface area contributed by atoms with E-state index >= 15 is 0 Å². The molecule has 1 aliphatic carbocycles. The number of fused-ring (bicyclic) bond motifs is 1. The lowest BCUT2D eigenvalue weighted by Gasteiger charge is -2.20. The molecule has 4 rings (SSSR count). The summed E-state index contributed by atoms with van der Waals surface area (Å²) < 4.78 is 1.54. The zero-order valence-electron chi connectivity index (χ0n) is 20.6. The van der Waals surface area contributed by atoms with Crippen LogP contribution in [-0.2, 0) is 30.6 Å². The van der Waals surface area contributed by atoms with Crippen LogP contribution in [0.5, 0.6) is 5.75 Å². The van der Waals surface area contributed by atoms with Crippen LogP contribution in [0.1, 0.15) is 60.2 Å². The zero-order chi connectivity index (χ0) is 26.5. The van der Waals surface area contributed by atoms with Crippen molar-refractivity contribution in [3.63, 3.8) is 0 Å². The third-order valence-electron chi connectivity index (χ3n) is 6.63. The van der Waals surface area contributed by atoms with Gasteiger partial charge in [-0.3, -0.25) is 9.59 Å². The molecular formula is C28H30ClN3O5. The van der Waals surface area contributed by atoms with Crippen molar-refractivity contribution in [1.82, 2.24) is 9.88 Å². The first-order valence-corrected chi connectivity index (χ1v) is 12.7. The highest BCUT2D eigenvalue weighted by Crippen LogP contribution is 2.34. The van der Waals surface area contributed by atoms with E-state index in [-0.39, 0.29) is 24.4 Å². The van der Waals surface area contributed by atoms with E-state index in [4.69, 9.17) is 11.6 Å². The second-order valence-corrected chi connectivity index (χ2v) is 9.63. The maximum atomic E-state index is 13.5. The Kier molecular flexibility index (Phi) is 8.18. The second-order valence-electron chi connectivity index (χ2n) is 9.23. The lowest BCUT2D eigenvalue weighted by Crippen LogP contribution is -2.37. The van der Waals surface area contributed by atoms with Crippen LogP contribution in [0.25, 0.3) is 0 Å². The van der Waals surface area contributed by atoms with Crippen LogP contribution < -0.4 is 16.2 Å². The van der Waals surface area contributed by atoms with Crippen molar-refractivity contribution in [3.05, 3.63) is 91.9 Å². The fraction of sp³-hybridized carbons (Fsp3) is 0.321. The Morgan fingerprint density at radius 2 is 1.84 bits per heavy atom. The average Bonchev–Trinajstić information content (AvgIpc) is 3.36. The van der Waals surface area contributed by atoms with E-state index in [0.717, 1.165) is 36.1 Å². The first-order chi connectivity index (χ1) is 17.8. The number of anilines is 1. The van der Waals surface area contributed by atoms with Gasteiger partial charge in [0.15, 0.2) is 5.69 Å². The highest BCUT2D eigenvalue weighted by Gasteiger charge is 2.27. The SMILES string of the molecule is CCCc1ccc([C@H](CC(=O)O)NC(=O)Nc2c(O)c3c(n(Cc4ccccc4Cl)c2=O)CCC3)cc1. The molecule has 3 aromatic rings. The molecule has 2 aromatic carbocycles. The number of aromatic nitrogens is 1. The minimum atomic E-state index is -1.08. The number of aliphatic carboxylic acids is 1. The van der Waals surface area contributed by atoms with Crippen molar-refractivity contribution < 1.29 is 19.8 Å². The Labute approximate surface area is 219 Å². The average molecular weight is 524 g/mol. The van der Waals surface area contributed by atoms with Gasteiger partial charge in [-0.15, -0.1) is 0 Å². The summed E-state index contributed by atoms with van der Waals surface area (Å²) in [5, 5.41) is 26.0. The Morgan fingerprint density at radius 3 is 2.51 bits per heavy atom. The van der Waals surface area contributed by atoms with Crippen LogP contribution >= 0.6 is 11.6 Å². The van der Waals surface area contributed by atoms with Crippen LogP contribution in [0.15, 0.2) is 53.3 Å². The Hall–Kier alpha value is -3.78. The summed E-state index contributed by atoms with van der Waals surface area (Å²) in [4.78, 5) is 37.9. The summed E-state index contributed by atoms with van der Waals surface area (Å²) in [7, 11) is 0. The van der Waals surface area contributed by atoms with Gasteiger partial charge in [-0.1, -0.05) is 67.4 Å². The summed E-state index contributed by atoms with van der Waals surface area (Å²) in [6.07, 6.45) is 3.52. The quantitative estimate of drug-likeness (QED) is 0.313. The molecule has 1 heterocycles. The molecule has 2 amide bonds. The monoisotopic (exact) mass is 523 g/mol.